The SMILES string of the molecule is COC(=O)[C@H]1CC[C@H]([C@@H](C(=O)OC)c2ccc(Br)cc2)N1. The lowest BCUT2D eigenvalue weighted by atomic mass is 9.90. The number of benzene rings is 1. The van der Waals surface area contributed by atoms with Crippen LogP contribution in [0.2, 0.25) is 0 Å². The Labute approximate surface area is 132 Å². The van der Waals surface area contributed by atoms with Gasteiger partial charge in [0.2, 0.25) is 0 Å². The zero-order valence-corrected chi connectivity index (χ0v) is 13.6. The molecule has 0 aromatic heterocycles. The van der Waals surface area contributed by atoms with Gasteiger partial charge in [-0.15, -0.1) is 0 Å². The second kappa shape index (κ2) is 7.04. The molecule has 1 aliphatic heterocycles. The molecule has 114 valence electrons. The Balaban J connectivity index is 2.20. The zero-order valence-electron chi connectivity index (χ0n) is 12.0. The molecule has 0 amide bonds. The normalized spacial score (nSPS) is 22.6. The summed E-state index contributed by atoms with van der Waals surface area (Å²) in [6, 6.07) is 7.05. The van der Waals surface area contributed by atoms with Crippen molar-refractivity contribution >= 4 is 27.9 Å². The highest BCUT2D eigenvalue weighted by molar-refractivity contribution is 9.10. The van der Waals surface area contributed by atoms with Crippen molar-refractivity contribution in [2.75, 3.05) is 14.2 Å². The number of halogens is 1. The van der Waals surface area contributed by atoms with Crippen molar-refractivity contribution in [3.63, 3.8) is 0 Å². The first-order chi connectivity index (χ1) is 10.1. The van der Waals surface area contributed by atoms with Gasteiger partial charge in [0.15, 0.2) is 0 Å². The van der Waals surface area contributed by atoms with Crippen LogP contribution in [0.25, 0.3) is 0 Å². The number of ether oxygens (including phenoxy) is 2. The van der Waals surface area contributed by atoms with Crippen molar-refractivity contribution in [1.82, 2.24) is 5.32 Å². The highest BCUT2D eigenvalue weighted by Gasteiger charge is 2.38. The predicted octanol–water partition coefficient (Wildman–Crippen LogP) is 2.00. The molecular formula is C15H18BrNO4. The first-order valence-electron chi connectivity index (χ1n) is 6.74. The first kappa shape index (κ1) is 16.0. The van der Waals surface area contributed by atoms with E-state index in [1.807, 2.05) is 24.3 Å². The van der Waals surface area contributed by atoms with Crippen molar-refractivity contribution in [1.29, 1.82) is 0 Å². The lowest BCUT2D eigenvalue weighted by Gasteiger charge is -2.22. The van der Waals surface area contributed by atoms with Gasteiger partial charge < -0.3 is 14.8 Å². The van der Waals surface area contributed by atoms with Gasteiger partial charge in [-0.1, -0.05) is 28.1 Å². The van der Waals surface area contributed by atoms with Gasteiger partial charge in [-0.25, -0.2) is 0 Å². The van der Waals surface area contributed by atoms with E-state index in [0.29, 0.717) is 6.42 Å². The molecule has 1 aliphatic rings. The van der Waals surface area contributed by atoms with Gasteiger partial charge in [-0.2, -0.15) is 0 Å². The fourth-order valence-corrected chi connectivity index (χ4v) is 2.96. The van der Waals surface area contributed by atoms with E-state index in [0.717, 1.165) is 16.5 Å². The van der Waals surface area contributed by atoms with Crippen LogP contribution >= 0.6 is 15.9 Å². The lowest BCUT2D eigenvalue weighted by molar-refractivity contribution is -0.145. The molecule has 1 N–H and O–H groups in total. The second-order valence-electron chi connectivity index (χ2n) is 4.98. The van der Waals surface area contributed by atoms with Gasteiger partial charge in [0.05, 0.1) is 20.1 Å². The number of esters is 2. The monoisotopic (exact) mass is 355 g/mol. The van der Waals surface area contributed by atoms with E-state index in [4.69, 9.17) is 9.47 Å². The molecule has 3 atom stereocenters. The summed E-state index contributed by atoms with van der Waals surface area (Å²) in [6.45, 7) is 0. The quantitative estimate of drug-likeness (QED) is 0.836. The summed E-state index contributed by atoms with van der Waals surface area (Å²) in [4.78, 5) is 23.7. The van der Waals surface area contributed by atoms with Crippen LogP contribution in [-0.4, -0.2) is 38.2 Å². The Hall–Kier alpha value is -1.40. The third-order valence-corrected chi connectivity index (χ3v) is 4.28. The minimum absolute atomic E-state index is 0.136. The number of nitrogens with one attached hydrogen (secondary N) is 1. The molecule has 0 unspecified atom stereocenters. The van der Waals surface area contributed by atoms with Crippen molar-refractivity contribution in [2.45, 2.75) is 30.8 Å². The number of hydrogen-bond acceptors (Lipinski definition) is 5. The highest BCUT2D eigenvalue weighted by atomic mass is 79.9. The molecule has 0 saturated carbocycles. The summed E-state index contributed by atoms with van der Waals surface area (Å²) in [6.07, 6.45) is 1.37. The molecule has 0 spiro atoms. The molecule has 1 fully saturated rings. The topological polar surface area (TPSA) is 64.6 Å². The number of hydrogen-bond donors (Lipinski definition) is 1. The summed E-state index contributed by atoms with van der Waals surface area (Å²) in [5.41, 5.74) is 0.869. The van der Waals surface area contributed by atoms with Crippen molar-refractivity contribution in [2.24, 2.45) is 0 Å². The van der Waals surface area contributed by atoms with E-state index >= 15 is 0 Å². The minimum atomic E-state index is -0.433. The molecule has 0 aliphatic carbocycles. The van der Waals surface area contributed by atoms with E-state index in [1.54, 1.807) is 0 Å². The second-order valence-corrected chi connectivity index (χ2v) is 5.89. The number of rotatable bonds is 4. The molecule has 1 aromatic carbocycles. The Morgan fingerprint density at radius 3 is 2.43 bits per heavy atom. The summed E-state index contributed by atoms with van der Waals surface area (Å²) in [5, 5.41) is 3.18. The van der Waals surface area contributed by atoms with E-state index in [2.05, 4.69) is 21.2 Å². The van der Waals surface area contributed by atoms with Crippen LogP contribution in [0, 0.1) is 0 Å². The fourth-order valence-electron chi connectivity index (χ4n) is 2.69. The summed E-state index contributed by atoms with van der Waals surface area (Å²) < 4.78 is 10.6. The van der Waals surface area contributed by atoms with Crippen LogP contribution in [0.3, 0.4) is 0 Å². The van der Waals surface area contributed by atoms with Gasteiger partial charge in [-0.05, 0) is 30.5 Å². The Bertz CT molecular complexity index is 517. The molecule has 5 nitrogen and oxygen atoms in total. The summed E-state index contributed by atoms with van der Waals surface area (Å²) in [7, 11) is 2.74. The molecule has 0 radical (unpaired) electrons. The Kier molecular flexibility index (Phi) is 5.36. The fraction of sp³-hybridized carbons (Fsp3) is 0.467. The van der Waals surface area contributed by atoms with Gasteiger partial charge in [0, 0.05) is 10.5 Å². The van der Waals surface area contributed by atoms with Crippen LogP contribution in [0.4, 0.5) is 0 Å². The smallest absolute Gasteiger partial charge is 0.322 e. The van der Waals surface area contributed by atoms with Gasteiger partial charge in [-0.3, -0.25) is 9.59 Å². The maximum absolute atomic E-state index is 12.1. The standard InChI is InChI=1S/C15H18BrNO4/c1-20-14(18)12-8-7-11(17-12)13(15(19)21-2)9-3-5-10(16)6-4-9/h3-6,11-13,17H,7-8H2,1-2H3/t11-,12-,13+/m1/s1. The van der Waals surface area contributed by atoms with E-state index in [9.17, 15) is 9.59 Å². The van der Waals surface area contributed by atoms with Gasteiger partial charge in [0.25, 0.3) is 0 Å². The number of carbonyl (C=O) groups is 2. The first-order valence-corrected chi connectivity index (χ1v) is 7.53. The number of methoxy groups -OCH3 is 2. The Morgan fingerprint density at radius 1 is 1.19 bits per heavy atom. The maximum atomic E-state index is 12.1. The average molecular weight is 356 g/mol. The molecule has 21 heavy (non-hydrogen) atoms. The van der Waals surface area contributed by atoms with Crippen molar-refractivity contribution in [3.05, 3.63) is 34.3 Å². The van der Waals surface area contributed by atoms with Crippen LogP contribution in [0.5, 0.6) is 0 Å². The zero-order chi connectivity index (χ0) is 15.4. The molecule has 6 heteroatoms. The van der Waals surface area contributed by atoms with Gasteiger partial charge >= 0.3 is 11.9 Å². The van der Waals surface area contributed by atoms with Crippen LogP contribution in [-0.2, 0) is 19.1 Å². The molecule has 1 heterocycles. The van der Waals surface area contributed by atoms with Crippen LogP contribution in [0.1, 0.15) is 24.3 Å². The van der Waals surface area contributed by atoms with Crippen LogP contribution in [0.15, 0.2) is 28.7 Å². The lowest BCUT2D eigenvalue weighted by Crippen LogP contribution is -2.41. The summed E-state index contributed by atoms with van der Waals surface area (Å²) >= 11 is 3.38. The number of carbonyl (C=O) groups excluding carboxylic acids is 2. The third kappa shape index (κ3) is 3.63. The minimum Gasteiger partial charge on any atom is -0.469 e. The van der Waals surface area contributed by atoms with Crippen molar-refractivity contribution in [3.8, 4) is 0 Å². The molecule has 2 rings (SSSR count). The molecule has 1 aromatic rings. The van der Waals surface area contributed by atoms with E-state index in [-0.39, 0.29) is 24.0 Å². The van der Waals surface area contributed by atoms with E-state index < -0.39 is 5.92 Å². The largest absolute Gasteiger partial charge is 0.469 e. The third-order valence-electron chi connectivity index (χ3n) is 3.75. The summed E-state index contributed by atoms with van der Waals surface area (Å²) in [5.74, 6) is -1.03. The Morgan fingerprint density at radius 2 is 1.86 bits per heavy atom. The van der Waals surface area contributed by atoms with E-state index in [1.165, 1.54) is 14.2 Å². The molecule has 1 saturated heterocycles. The van der Waals surface area contributed by atoms with Crippen molar-refractivity contribution < 1.29 is 19.1 Å². The highest BCUT2D eigenvalue weighted by Crippen LogP contribution is 2.29. The van der Waals surface area contributed by atoms with Gasteiger partial charge in [0.1, 0.15) is 6.04 Å². The predicted molar refractivity (Wildman–Crippen MR) is 80.9 cm³/mol. The average Bonchev–Trinajstić information content (AvgIpc) is 2.98. The van der Waals surface area contributed by atoms with Crippen LogP contribution < -0.4 is 5.32 Å². The maximum Gasteiger partial charge on any atom is 0.322 e. The molecular weight excluding hydrogens is 338 g/mol. The molecule has 0 bridgehead atoms.